The maximum Gasteiger partial charge on any atom is 0.191 e. The van der Waals surface area contributed by atoms with Crippen LogP contribution in [0.5, 0.6) is 0 Å². The lowest BCUT2D eigenvalue weighted by atomic mass is 10.1. The van der Waals surface area contributed by atoms with E-state index in [0.717, 1.165) is 62.7 Å². The largest absolute Gasteiger partial charge is 0.379 e. The van der Waals surface area contributed by atoms with Crippen LogP contribution in [0.1, 0.15) is 6.92 Å². The predicted molar refractivity (Wildman–Crippen MR) is 123 cm³/mol. The van der Waals surface area contributed by atoms with Gasteiger partial charge in [0.25, 0.3) is 0 Å². The number of halogens is 2. The number of benzene rings is 1. The Hall–Kier alpha value is -0.220. The Morgan fingerprint density at radius 2 is 1.96 bits per heavy atom. The molecule has 0 amide bonds. The van der Waals surface area contributed by atoms with Crippen LogP contribution in [0.4, 0.5) is 0 Å². The van der Waals surface area contributed by atoms with Gasteiger partial charge in [0.2, 0.25) is 0 Å². The minimum absolute atomic E-state index is 0. The monoisotopic (exact) mass is 512 g/mol. The van der Waals surface area contributed by atoms with Crippen molar-refractivity contribution in [2.24, 2.45) is 10.9 Å². The molecule has 0 spiro atoms. The van der Waals surface area contributed by atoms with E-state index in [-0.39, 0.29) is 24.0 Å². The number of hydrogen-bond acceptors (Lipinski definition) is 4. The zero-order chi connectivity index (χ0) is 17.9. The number of morpholine rings is 1. The van der Waals surface area contributed by atoms with Crippen LogP contribution < -0.4 is 10.6 Å². The zero-order valence-corrected chi connectivity index (χ0v) is 19.4. The molecule has 1 aliphatic rings. The second-order valence-electron chi connectivity index (χ2n) is 6.20. The molecule has 1 fully saturated rings. The third-order valence-corrected chi connectivity index (χ3v) is 5.26. The summed E-state index contributed by atoms with van der Waals surface area (Å²) in [7, 11) is 1.81. The number of guanidine groups is 1. The van der Waals surface area contributed by atoms with E-state index in [1.165, 1.54) is 4.90 Å². The van der Waals surface area contributed by atoms with Crippen molar-refractivity contribution in [1.82, 2.24) is 15.5 Å². The molecule has 0 radical (unpaired) electrons. The molecule has 1 aliphatic heterocycles. The molecule has 0 aromatic heterocycles. The Morgan fingerprint density at radius 1 is 1.27 bits per heavy atom. The van der Waals surface area contributed by atoms with Crippen LogP contribution in [0.2, 0.25) is 5.02 Å². The van der Waals surface area contributed by atoms with Gasteiger partial charge in [-0.3, -0.25) is 9.89 Å². The van der Waals surface area contributed by atoms with Gasteiger partial charge in [-0.05, 0) is 30.2 Å². The molecule has 1 saturated heterocycles. The van der Waals surface area contributed by atoms with Crippen LogP contribution >= 0.6 is 47.3 Å². The fourth-order valence-corrected chi connectivity index (χ4v) is 3.54. The Kier molecular flexibility index (Phi) is 12.7. The minimum atomic E-state index is 0. The van der Waals surface area contributed by atoms with Gasteiger partial charge in [0, 0.05) is 55.4 Å². The van der Waals surface area contributed by atoms with Crippen molar-refractivity contribution in [2.45, 2.75) is 11.8 Å². The third kappa shape index (κ3) is 9.64. The maximum atomic E-state index is 5.90. The molecule has 8 heteroatoms. The number of nitrogens with one attached hydrogen (secondary N) is 2. The van der Waals surface area contributed by atoms with Crippen LogP contribution in [0, 0.1) is 5.92 Å². The summed E-state index contributed by atoms with van der Waals surface area (Å²) in [5, 5.41) is 7.56. The molecule has 1 aromatic rings. The molecule has 1 atom stereocenters. The topological polar surface area (TPSA) is 48.9 Å². The molecule has 0 saturated carbocycles. The van der Waals surface area contributed by atoms with E-state index in [4.69, 9.17) is 16.3 Å². The highest BCUT2D eigenvalue weighted by Crippen LogP contribution is 2.19. The molecule has 2 N–H and O–H groups in total. The normalized spacial score (nSPS) is 16.7. The van der Waals surface area contributed by atoms with Gasteiger partial charge in [0.05, 0.1) is 13.2 Å². The standard InChI is InChI=1S/C18H29ClN4OS.HI/c1-15(14-23-8-10-24-11-9-23)13-22-18(20-2)21-7-12-25-17-5-3-16(19)4-6-17;/h3-6,15H,7-14H2,1-2H3,(H2,20,21,22);1H. The Morgan fingerprint density at radius 3 is 2.62 bits per heavy atom. The van der Waals surface area contributed by atoms with E-state index in [1.807, 2.05) is 31.3 Å². The highest BCUT2D eigenvalue weighted by Gasteiger charge is 2.13. The fraction of sp³-hybridized carbons (Fsp3) is 0.611. The number of hydrogen-bond donors (Lipinski definition) is 2. The molecule has 0 aliphatic carbocycles. The molecule has 5 nitrogen and oxygen atoms in total. The summed E-state index contributed by atoms with van der Waals surface area (Å²) in [6, 6.07) is 7.95. The SMILES string of the molecule is CN=C(NCCSc1ccc(Cl)cc1)NCC(C)CN1CCOCC1.I. The first-order valence-corrected chi connectivity index (χ1v) is 10.2. The molecule has 26 heavy (non-hydrogen) atoms. The Bertz CT molecular complexity index is 526. The van der Waals surface area contributed by atoms with Crippen molar-refractivity contribution in [3.63, 3.8) is 0 Å². The van der Waals surface area contributed by atoms with Crippen molar-refractivity contribution in [2.75, 3.05) is 58.7 Å². The summed E-state index contributed by atoms with van der Waals surface area (Å²) in [6.07, 6.45) is 0. The quantitative estimate of drug-likeness (QED) is 0.184. The second kappa shape index (κ2) is 13.9. The smallest absolute Gasteiger partial charge is 0.191 e. The number of aliphatic imine (C=N–C) groups is 1. The number of thioether (sulfide) groups is 1. The second-order valence-corrected chi connectivity index (χ2v) is 7.81. The van der Waals surface area contributed by atoms with Crippen LogP contribution in [0.25, 0.3) is 0 Å². The van der Waals surface area contributed by atoms with Crippen LogP contribution in [-0.2, 0) is 4.74 Å². The molecule has 1 heterocycles. The van der Waals surface area contributed by atoms with Gasteiger partial charge < -0.3 is 15.4 Å². The van der Waals surface area contributed by atoms with Crippen LogP contribution in [-0.4, -0.2) is 69.6 Å². The fourth-order valence-electron chi connectivity index (χ4n) is 2.65. The number of nitrogens with zero attached hydrogens (tertiary/aromatic N) is 2. The van der Waals surface area contributed by atoms with E-state index in [2.05, 4.69) is 27.4 Å². The highest BCUT2D eigenvalue weighted by molar-refractivity contribution is 14.0. The molecule has 148 valence electrons. The van der Waals surface area contributed by atoms with Crippen molar-refractivity contribution < 1.29 is 4.74 Å². The zero-order valence-electron chi connectivity index (χ0n) is 15.5. The van der Waals surface area contributed by atoms with Crippen molar-refractivity contribution in [1.29, 1.82) is 0 Å². The molecular weight excluding hydrogens is 483 g/mol. The highest BCUT2D eigenvalue weighted by atomic mass is 127. The van der Waals surface area contributed by atoms with Gasteiger partial charge >= 0.3 is 0 Å². The molecular formula is C18H30ClIN4OS. The van der Waals surface area contributed by atoms with Gasteiger partial charge in [0.15, 0.2) is 5.96 Å². The lowest BCUT2D eigenvalue weighted by Crippen LogP contribution is -2.44. The predicted octanol–water partition coefficient (Wildman–Crippen LogP) is 3.18. The van der Waals surface area contributed by atoms with E-state index >= 15 is 0 Å². The summed E-state index contributed by atoms with van der Waals surface area (Å²) in [5.41, 5.74) is 0. The van der Waals surface area contributed by atoms with E-state index in [0.29, 0.717) is 5.92 Å². The lowest BCUT2D eigenvalue weighted by Gasteiger charge is -2.29. The summed E-state index contributed by atoms with van der Waals surface area (Å²) in [4.78, 5) is 7.99. The average Bonchev–Trinajstić information content (AvgIpc) is 2.63. The van der Waals surface area contributed by atoms with Gasteiger partial charge in [-0.25, -0.2) is 0 Å². The van der Waals surface area contributed by atoms with Crippen LogP contribution in [0.15, 0.2) is 34.2 Å². The van der Waals surface area contributed by atoms with Crippen molar-refractivity contribution >= 4 is 53.3 Å². The third-order valence-electron chi connectivity index (χ3n) is 3.99. The first-order valence-electron chi connectivity index (χ1n) is 8.80. The average molecular weight is 513 g/mol. The maximum absolute atomic E-state index is 5.90. The van der Waals surface area contributed by atoms with E-state index in [1.54, 1.807) is 11.8 Å². The first-order chi connectivity index (χ1) is 12.2. The summed E-state index contributed by atoms with van der Waals surface area (Å²) in [5.74, 6) is 2.41. The summed E-state index contributed by atoms with van der Waals surface area (Å²) in [6.45, 7) is 8.94. The first kappa shape index (κ1) is 23.8. The van der Waals surface area contributed by atoms with Gasteiger partial charge in [-0.2, -0.15) is 0 Å². The molecule has 1 aromatic carbocycles. The van der Waals surface area contributed by atoms with E-state index < -0.39 is 0 Å². The van der Waals surface area contributed by atoms with Gasteiger partial charge in [-0.15, -0.1) is 35.7 Å². The van der Waals surface area contributed by atoms with Crippen molar-refractivity contribution in [3.8, 4) is 0 Å². The minimum Gasteiger partial charge on any atom is -0.379 e. The lowest BCUT2D eigenvalue weighted by molar-refractivity contribution is 0.0320. The van der Waals surface area contributed by atoms with E-state index in [9.17, 15) is 0 Å². The number of ether oxygens (including phenoxy) is 1. The Labute approximate surface area is 183 Å². The molecule has 2 rings (SSSR count). The molecule has 0 bridgehead atoms. The summed E-state index contributed by atoms with van der Waals surface area (Å²) < 4.78 is 5.39. The van der Waals surface area contributed by atoms with Crippen molar-refractivity contribution in [3.05, 3.63) is 29.3 Å². The van der Waals surface area contributed by atoms with Crippen LogP contribution in [0.3, 0.4) is 0 Å². The summed E-state index contributed by atoms with van der Waals surface area (Å²) >= 11 is 7.71. The van der Waals surface area contributed by atoms with Gasteiger partial charge in [0.1, 0.15) is 0 Å². The Balaban J connectivity index is 0.00000338. The molecule has 1 unspecified atom stereocenters. The number of rotatable bonds is 8. The van der Waals surface area contributed by atoms with Gasteiger partial charge in [-0.1, -0.05) is 18.5 Å².